The minimum Gasteiger partial charge on any atom is -0.497 e. The van der Waals surface area contributed by atoms with Crippen molar-refractivity contribution in [2.75, 3.05) is 7.11 Å². The zero-order valence-corrected chi connectivity index (χ0v) is 8.29. The van der Waals surface area contributed by atoms with E-state index < -0.39 is 5.82 Å². The summed E-state index contributed by atoms with van der Waals surface area (Å²) in [5.74, 6) is -0.369. The van der Waals surface area contributed by atoms with Gasteiger partial charge in [0.2, 0.25) is 0 Å². The number of rotatable bonds is 4. The Morgan fingerprint density at radius 2 is 2.33 bits per heavy atom. The van der Waals surface area contributed by atoms with Crippen LogP contribution in [0.15, 0.2) is 18.2 Å². The number of benzene rings is 1. The third kappa shape index (κ3) is 3.06. The number of hydrogen-bond acceptors (Lipinski definition) is 3. The molecule has 0 fully saturated rings. The average molecular weight is 207 g/mol. The van der Waals surface area contributed by atoms with Crippen LogP contribution in [-0.4, -0.2) is 12.9 Å². The van der Waals surface area contributed by atoms with Gasteiger partial charge in [0.25, 0.3) is 0 Å². The number of Topliss-reactive ketones (excluding diaryl/α,β-unsaturated/α-hetero) is 1. The maximum Gasteiger partial charge on any atom is 0.151 e. The predicted molar refractivity (Wildman–Crippen MR) is 51.9 cm³/mol. The lowest BCUT2D eigenvalue weighted by Crippen LogP contribution is -2.03. The Hall–Kier alpha value is -1.89. The standard InChI is InChI=1S/C11H10FNO2/c1-15-10-3-2-8(11(12)7-10)6-9(14)4-5-13/h2-3,7H,4,6H2,1H3. The van der Waals surface area contributed by atoms with Crippen molar-refractivity contribution in [3.63, 3.8) is 0 Å². The zero-order chi connectivity index (χ0) is 11.3. The van der Waals surface area contributed by atoms with E-state index in [-0.39, 0.29) is 24.2 Å². The van der Waals surface area contributed by atoms with Crippen molar-refractivity contribution in [2.24, 2.45) is 0 Å². The van der Waals surface area contributed by atoms with E-state index in [1.165, 1.54) is 19.2 Å². The molecule has 0 N–H and O–H groups in total. The Balaban J connectivity index is 2.79. The van der Waals surface area contributed by atoms with Gasteiger partial charge in [0.05, 0.1) is 19.6 Å². The molecule has 0 aromatic heterocycles. The first-order chi connectivity index (χ1) is 7.17. The quantitative estimate of drug-likeness (QED) is 0.757. The lowest BCUT2D eigenvalue weighted by molar-refractivity contribution is -0.117. The van der Waals surface area contributed by atoms with Crippen molar-refractivity contribution in [1.29, 1.82) is 5.26 Å². The molecule has 1 rings (SSSR count). The van der Waals surface area contributed by atoms with E-state index in [1.807, 2.05) is 0 Å². The molecular formula is C11H10FNO2. The maximum atomic E-state index is 13.3. The minimum atomic E-state index is -0.486. The molecule has 3 nitrogen and oxygen atoms in total. The van der Waals surface area contributed by atoms with Crippen molar-refractivity contribution in [3.8, 4) is 11.8 Å². The number of nitriles is 1. The summed E-state index contributed by atoms with van der Waals surface area (Å²) in [5, 5.41) is 8.28. The Bertz CT molecular complexity index is 410. The van der Waals surface area contributed by atoms with E-state index in [0.29, 0.717) is 5.75 Å². The van der Waals surface area contributed by atoms with Gasteiger partial charge in [0.15, 0.2) is 5.78 Å². The number of nitrogens with zero attached hydrogens (tertiary/aromatic N) is 1. The number of carbonyl (C=O) groups is 1. The van der Waals surface area contributed by atoms with Crippen LogP contribution in [0, 0.1) is 17.1 Å². The summed E-state index contributed by atoms with van der Waals surface area (Å²) in [5.41, 5.74) is 0.288. The fourth-order valence-corrected chi connectivity index (χ4v) is 1.16. The van der Waals surface area contributed by atoms with Crippen molar-refractivity contribution < 1.29 is 13.9 Å². The number of hydrogen-bond donors (Lipinski definition) is 0. The SMILES string of the molecule is COc1ccc(CC(=O)CC#N)c(F)c1. The van der Waals surface area contributed by atoms with Gasteiger partial charge in [0.1, 0.15) is 11.6 Å². The van der Waals surface area contributed by atoms with E-state index in [1.54, 1.807) is 12.1 Å². The molecule has 0 saturated heterocycles. The molecule has 0 aliphatic carbocycles. The Morgan fingerprint density at radius 1 is 1.60 bits per heavy atom. The fraction of sp³-hybridized carbons (Fsp3) is 0.273. The first kappa shape index (κ1) is 11.2. The summed E-state index contributed by atoms with van der Waals surface area (Å²) in [6.07, 6.45) is -0.241. The number of ether oxygens (including phenoxy) is 1. The second-order valence-electron chi connectivity index (χ2n) is 3.01. The second-order valence-corrected chi connectivity index (χ2v) is 3.01. The molecule has 0 aliphatic heterocycles. The van der Waals surface area contributed by atoms with Gasteiger partial charge in [-0.2, -0.15) is 5.26 Å². The largest absolute Gasteiger partial charge is 0.497 e. The third-order valence-electron chi connectivity index (χ3n) is 1.92. The zero-order valence-electron chi connectivity index (χ0n) is 8.29. The number of carbonyl (C=O) groups excluding carboxylic acids is 1. The normalized spacial score (nSPS) is 9.40. The monoisotopic (exact) mass is 207 g/mol. The molecule has 15 heavy (non-hydrogen) atoms. The van der Waals surface area contributed by atoms with E-state index in [2.05, 4.69) is 0 Å². The van der Waals surface area contributed by atoms with E-state index in [0.717, 1.165) is 0 Å². The van der Waals surface area contributed by atoms with Crippen molar-refractivity contribution in [1.82, 2.24) is 0 Å². The molecule has 0 amide bonds. The maximum absolute atomic E-state index is 13.3. The summed E-state index contributed by atoms with van der Waals surface area (Å²) in [7, 11) is 1.44. The van der Waals surface area contributed by atoms with E-state index in [9.17, 15) is 9.18 Å². The molecule has 1 aromatic rings. The van der Waals surface area contributed by atoms with Gasteiger partial charge in [0, 0.05) is 12.5 Å². The highest BCUT2D eigenvalue weighted by atomic mass is 19.1. The van der Waals surface area contributed by atoms with Crippen LogP contribution in [-0.2, 0) is 11.2 Å². The van der Waals surface area contributed by atoms with Gasteiger partial charge in [-0.15, -0.1) is 0 Å². The summed E-state index contributed by atoms with van der Waals surface area (Å²) in [6, 6.07) is 6.02. The smallest absolute Gasteiger partial charge is 0.151 e. The highest BCUT2D eigenvalue weighted by molar-refractivity contribution is 5.82. The molecule has 0 unspecified atom stereocenters. The molecule has 0 atom stereocenters. The van der Waals surface area contributed by atoms with Crippen LogP contribution in [0.2, 0.25) is 0 Å². The number of methoxy groups -OCH3 is 1. The van der Waals surface area contributed by atoms with Crippen LogP contribution < -0.4 is 4.74 Å². The Labute approximate surface area is 87.1 Å². The van der Waals surface area contributed by atoms with Crippen molar-refractivity contribution in [3.05, 3.63) is 29.6 Å². The van der Waals surface area contributed by atoms with Crippen molar-refractivity contribution >= 4 is 5.78 Å². The number of halogens is 1. The van der Waals surface area contributed by atoms with Crippen LogP contribution in [0.1, 0.15) is 12.0 Å². The molecule has 0 saturated carbocycles. The Morgan fingerprint density at radius 3 is 2.87 bits per heavy atom. The van der Waals surface area contributed by atoms with Crippen LogP contribution in [0.5, 0.6) is 5.75 Å². The Kier molecular flexibility index (Phi) is 3.81. The summed E-state index contributed by atoms with van der Waals surface area (Å²) in [4.78, 5) is 11.1. The highest BCUT2D eigenvalue weighted by Gasteiger charge is 2.08. The van der Waals surface area contributed by atoms with Crippen LogP contribution in [0.25, 0.3) is 0 Å². The molecule has 0 bridgehead atoms. The van der Waals surface area contributed by atoms with Gasteiger partial charge in [-0.05, 0) is 11.6 Å². The molecule has 0 heterocycles. The minimum absolute atomic E-state index is 0.0522. The molecule has 0 aliphatic rings. The first-order valence-corrected chi connectivity index (χ1v) is 4.38. The number of ketones is 1. The molecule has 4 heteroatoms. The van der Waals surface area contributed by atoms with Crippen LogP contribution in [0.3, 0.4) is 0 Å². The lowest BCUT2D eigenvalue weighted by atomic mass is 10.1. The summed E-state index contributed by atoms with van der Waals surface area (Å²) >= 11 is 0. The summed E-state index contributed by atoms with van der Waals surface area (Å²) < 4.78 is 18.1. The van der Waals surface area contributed by atoms with Gasteiger partial charge in [-0.25, -0.2) is 4.39 Å². The first-order valence-electron chi connectivity index (χ1n) is 4.38. The van der Waals surface area contributed by atoms with Crippen LogP contribution in [0.4, 0.5) is 4.39 Å². The van der Waals surface area contributed by atoms with Gasteiger partial charge in [-0.3, -0.25) is 4.79 Å². The van der Waals surface area contributed by atoms with Gasteiger partial charge >= 0.3 is 0 Å². The molecule has 1 aromatic carbocycles. The lowest BCUT2D eigenvalue weighted by Gasteiger charge is -2.03. The topological polar surface area (TPSA) is 50.1 Å². The molecule has 78 valence electrons. The molecular weight excluding hydrogens is 197 g/mol. The summed E-state index contributed by atoms with van der Waals surface area (Å²) in [6.45, 7) is 0. The molecule has 0 spiro atoms. The fourth-order valence-electron chi connectivity index (χ4n) is 1.16. The second kappa shape index (κ2) is 5.11. The van der Waals surface area contributed by atoms with E-state index >= 15 is 0 Å². The van der Waals surface area contributed by atoms with Crippen molar-refractivity contribution in [2.45, 2.75) is 12.8 Å². The van der Waals surface area contributed by atoms with Crippen LogP contribution >= 0.6 is 0 Å². The average Bonchev–Trinajstić information content (AvgIpc) is 2.21. The highest BCUT2D eigenvalue weighted by Crippen LogP contribution is 2.16. The third-order valence-corrected chi connectivity index (χ3v) is 1.92. The van der Waals surface area contributed by atoms with Gasteiger partial charge in [-0.1, -0.05) is 6.07 Å². The predicted octanol–water partition coefficient (Wildman–Crippen LogP) is 1.86. The molecule has 0 radical (unpaired) electrons. The van der Waals surface area contributed by atoms with E-state index in [4.69, 9.17) is 10.00 Å². The van der Waals surface area contributed by atoms with Gasteiger partial charge < -0.3 is 4.74 Å².